The Kier molecular flexibility index (Phi) is 3.10. The van der Waals surface area contributed by atoms with E-state index in [0.29, 0.717) is 5.75 Å². The SMILES string of the molecule is COc1ccnc(OC)c1B(O)O. The molecule has 1 aromatic heterocycles. The molecule has 0 bridgehead atoms. The number of methoxy groups -OCH3 is 2. The summed E-state index contributed by atoms with van der Waals surface area (Å²) >= 11 is 0. The second-order valence-electron chi connectivity index (χ2n) is 2.31. The van der Waals surface area contributed by atoms with Crippen LogP contribution in [-0.4, -0.2) is 36.4 Å². The Bertz CT molecular complexity index is 270. The van der Waals surface area contributed by atoms with E-state index in [4.69, 9.17) is 19.5 Å². The highest BCUT2D eigenvalue weighted by molar-refractivity contribution is 6.60. The molecule has 0 radical (unpaired) electrons. The first-order chi connectivity index (χ1) is 6.20. The normalized spacial score (nSPS) is 9.54. The highest BCUT2D eigenvalue weighted by Gasteiger charge is 2.23. The molecule has 6 heteroatoms. The summed E-state index contributed by atoms with van der Waals surface area (Å²) in [5, 5.41) is 18.0. The van der Waals surface area contributed by atoms with Gasteiger partial charge in [0.15, 0.2) is 0 Å². The van der Waals surface area contributed by atoms with E-state index in [1.165, 1.54) is 26.5 Å². The van der Waals surface area contributed by atoms with Crippen molar-refractivity contribution in [2.75, 3.05) is 14.2 Å². The number of hydrogen-bond donors (Lipinski definition) is 2. The molecule has 1 aromatic rings. The summed E-state index contributed by atoms with van der Waals surface area (Å²) in [5.74, 6) is 0.483. The van der Waals surface area contributed by atoms with Crippen LogP contribution < -0.4 is 14.9 Å². The third-order valence-electron chi connectivity index (χ3n) is 1.59. The van der Waals surface area contributed by atoms with E-state index in [9.17, 15) is 0 Å². The van der Waals surface area contributed by atoms with E-state index < -0.39 is 7.12 Å². The van der Waals surface area contributed by atoms with E-state index >= 15 is 0 Å². The van der Waals surface area contributed by atoms with Crippen LogP contribution in [0.25, 0.3) is 0 Å². The van der Waals surface area contributed by atoms with Gasteiger partial charge in [0, 0.05) is 6.20 Å². The van der Waals surface area contributed by atoms with Crippen molar-refractivity contribution in [2.45, 2.75) is 0 Å². The minimum Gasteiger partial charge on any atom is -0.497 e. The highest BCUT2D eigenvalue weighted by atomic mass is 16.5. The van der Waals surface area contributed by atoms with Crippen LogP contribution in [0.4, 0.5) is 0 Å². The van der Waals surface area contributed by atoms with Crippen LogP contribution in [0, 0.1) is 0 Å². The van der Waals surface area contributed by atoms with Crippen molar-refractivity contribution in [3.63, 3.8) is 0 Å². The lowest BCUT2D eigenvalue weighted by Gasteiger charge is -2.10. The Labute approximate surface area is 76.1 Å². The quantitative estimate of drug-likeness (QED) is 0.574. The van der Waals surface area contributed by atoms with E-state index in [2.05, 4.69) is 4.98 Å². The van der Waals surface area contributed by atoms with Crippen molar-refractivity contribution < 1.29 is 19.5 Å². The summed E-state index contributed by atoms with van der Waals surface area (Å²) in [4.78, 5) is 3.80. The molecule has 0 saturated carbocycles. The van der Waals surface area contributed by atoms with Crippen molar-refractivity contribution >= 4 is 12.6 Å². The van der Waals surface area contributed by atoms with Gasteiger partial charge in [0.25, 0.3) is 0 Å². The summed E-state index contributed by atoms with van der Waals surface area (Å²) in [6.07, 6.45) is 1.46. The van der Waals surface area contributed by atoms with Gasteiger partial charge < -0.3 is 19.5 Å². The molecule has 2 N–H and O–H groups in total. The van der Waals surface area contributed by atoms with Crippen LogP contribution >= 0.6 is 0 Å². The minimum atomic E-state index is -1.65. The Morgan fingerprint density at radius 1 is 1.31 bits per heavy atom. The number of hydrogen-bond acceptors (Lipinski definition) is 5. The van der Waals surface area contributed by atoms with Gasteiger partial charge in [0.05, 0.1) is 19.7 Å². The van der Waals surface area contributed by atoms with Crippen LogP contribution in [0.5, 0.6) is 11.6 Å². The predicted molar refractivity (Wildman–Crippen MR) is 47.2 cm³/mol. The summed E-state index contributed by atoms with van der Waals surface area (Å²) in [5.41, 5.74) is 0.132. The lowest BCUT2D eigenvalue weighted by molar-refractivity contribution is 0.376. The second-order valence-corrected chi connectivity index (χ2v) is 2.31. The van der Waals surface area contributed by atoms with Gasteiger partial charge in [-0.2, -0.15) is 0 Å². The molecule has 1 rings (SSSR count). The summed E-state index contributed by atoms with van der Waals surface area (Å²) in [7, 11) is 1.17. The highest BCUT2D eigenvalue weighted by Crippen LogP contribution is 2.12. The molecule has 0 aromatic carbocycles. The van der Waals surface area contributed by atoms with Crippen LogP contribution in [0.15, 0.2) is 12.3 Å². The molecule has 0 unspecified atom stereocenters. The first kappa shape index (κ1) is 9.82. The standard InChI is InChI=1S/C7H10BNO4/c1-12-5-3-4-9-7(13-2)6(5)8(10)11/h3-4,10-11H,1-2H3. The van der Waals surface area contributed by atoms with Crippen LogP contribution in [0.1, 0.15) is 0 Å². The van der Waals surface area contributed by atoms with Crippen LogP contribution in [0.2, 0.25) is 0 Å². The van der Waals surface area contributed by atoms with Crippen LogP contribution in [0.3, 0.4) is 0 Å². The Morgan fingerprint density at radius 2 is 2.00 bits per heavy atom. The molecule has 0 amide bonds. The smallest absolute Gasteiger partial charge is 0.497 e. The molecule has 0 aliphatic heterocycles. The molecule has 1 heterocycles. The third-order valence-corrected chi connectivity index (χ3v) is 1.59. The fraction of sp³-hybridized carbons (Fsp3) is 0.286. The van der Waals surface area contributed by atoms with Gasteiger partial charge in [0.1, 0.15) is 5.75 Å². The molecule has 0 fully saturated rings. The molecular formula is C7H10BNO4. The average Bonchev–Trinajstić information content (AvgIpc) is 2.16. The fourth-order valence-electron chi connectivity index (χ4n) is 1.02. The first-order valence-corrected chi connectivity index (χ1v) is 3.63. The Morgan fingerprint density at radius 3 is 2.46 bits per heavy atom. The zero-order valence-corrected chi connectivity index (χ0v) is 7.39. The van der Waals surface area contributed by atoms with Gasteiger partial charge in [0.2, 0.25) is 5.88 Å². The molecule has 0 saturated heterocycles. The van der Waals surface area contributed by atoms with Gasteiger partial charge in [-0.1, -0.05) is 0 Å². The lowest BCUT2D eigenvalue weighted by Crippen LogP contribution is -2.33. The summed E-state index contributed by atoms with van der Waals surface area (Å²) in [6, 6.07) is 1.53. The van der Waals surface area contributed by atoms with E-state index in [1.807, 2.05) is 0 Å². The zero-order chi connectivity index (χ0) is 9.84. The number of pyridine rings is 1. The maximum Gasteiger partial charge on any atom is 0.497 e. The molecule has 13 heavy (non-hydrogen) atoms. The van der Waals surface area contributed by atoms with Crippen LogP contribution in [-0.2, 0) is 0 Å². The van der Waals surface area contributed by atoms with Crippen molar-refractivity contribution in [2.24, 2.45) is 0 Å². The fourth-order valence-corrected chi connectivity index (χ4v) is 1.02. The van der Waals surface area contributed by atoms with Crippen molar-refractivity contribution in [3.05, 3.63) is 12.3 Å². The predicted octanol–water partition coefficient (Wildman–Crippen LogP) is -1.22. The van der Waals surface area contributed by atoms with E-state index in [-0.39, 0.29) is 11.3 Å². The zero-order valence-electron chi connectivity index (χ0n) is 7.39. The molecule has 0 atom stereocenters. The lowest BCUT2D eigenvalue weighted by atomic mass is 9.80. The van der Waals surface area contributed by atoms with Gasteiger partial charge in [-0.05, 0) is 6.07 Å². The van der Waals surface area contributed by atoms with E-state index in [0.717, 1.165) is 0 Å². The molecule has 70 valence electrons. The largest absolute Gasteiger partial charge is 0.497 e. The minimum absolute atomic E-state index is 0.132. The molecular weight excluding hydrogens is 173 g/mol. The van der Waals surface area contributed by atoms with Gasteiger partial charge in [-0.3, -0.25) is 0 Å². The van der Waals surface area contributed by atoms with Crippen molar-refractivity contribution in [3.8, 4) is 11.6 Å². The topological polar surface area (TPSA) is 71.8 Å². The van der Waals surface area contributed by atoms with Gasteiger partial charge in [-0.15, -0.1) is 0 Å². The number of aromatic nitrogens is 1. The van der Waals surface area contributed by atoms with Gasteiger partial charge >= 0.3 is 7.12 Å². The third kappa shape index (κ3) is 1.91. The monoisotopic (exact) mass is 183 g/mol. The molecule has 0 spiro atoms. The maximum absolute atomic E-state index is 9.00. The second kappa shape index (κ2) is 4.11. The Balaban J connectivity index is 3.21. The number of rotatable bonds is 3. The van der Waals surface area contributed by atoms with Crippen molar-refractivity contribution in [1.82, 2.24) is 4.98 Å². The average molecular weight is 183 g/mol. The molecule has 0 aliphatic carbocycles. The number of nitrogens with zero attached hydrogens (tertiary/aromatic N) is 1. The molecule has 0 aliphatic rings. The summed E-state index contributed by atoms with van der Waals surface area (Å²) < 4.78 is 9.75. The molecule has 5 nitrogen and oxygen atoms in total. The van der Waals surface area contributed by atoms with Crippen molar-refractivity contribution in [1.29, 1.82) is 0 Å². The first-order valence-electron chi connectivity index (χ1n) is 3.63. The van der Waals surface area contributed by atoms with Gasteiger partial charge in [-0.25, -0.2) is 4.98 Å². The Hall–Kier alpha value is -1.27. The maximum atomic E-state index is 9.00. The summed E-state index contributed by atoms with van der Waals surface area (Å²) in [6.45, 7) is 0. The number of ether oxygens (including phenoxy) is 2. The van der Waals surface area contributed by atoms with E-state index in [1.54, 1.807) is 0 Å².